The molecule has 0 radical (unpaired) electrons. The Balaban J connectivity index is 0.00000200. The van der Waals surface area contributed by atoms with Crippen LogP contribution in [0.4, 0.5) is 0 Å². The molecular weight excluding hydrogens is 276 g/mol. The van der Waals surface area contributed by atoms with Gasteiger partial charge < -0.3 is 14.8 Å². The standard InChI is InChI=1S/C15H18N2O2.ClH/c1-18-14-7-5-13(6-8-14)12-16-10-11-19-15-4-2-3-9-17-15;/h2-9,16H,10-12H2,1H3;1H. The minimum atomic E-state index is 0. The van der Waals surface area contributed by atoms with Gasteiger partial charge in [0.05, 0.1) is 7.11 Å². The molecule has 0 unspecified atom stereocenters. The van der Waals surface area contributed by atoms with E-state index in [0.717, 1.165) is 18.8 Å². The van der Waals surface area contributed by atoms with Crippen LogP contribution < -0.4 is 14.8 Å². The van der Waals surface area contributed by atoms with Crippen LogP contribution in [0, 0.1) is 0 Å². The number of pyridine rings is 1. The molecule has 1 aromatic heterocycles. The van der Waals surface area contributed by atoms with Crippen molar-refractivity contribution in [2.75, 3.05) is 20.3 Å². The third kappa shape index (κ3) is 5.47. The van der Waals surface area contributed by atoms with Crippen LogP contribution in [0.15, 0.2) is 48.7 Å². The summed E-state index contributed by atoms with van der Waals surface area (Å²) in [7, 11) is 1.67. The highest BCUT2D eigenvalue weighted by Gasteiger charge is 1.95. The van der Waals surface area contributed by atoms with Gasteiger partial charge in [-0.3, -0.25) is 0 Å². The van der Waals surface area contributed by atoms with Gasteiger partial charge in [0, 0.05) is 25.4 Å². The van der Waals surface area contributed by atoms with Gasteiger partial charge in [-0.2, -0.15) is 0 Å². The maximum Gasteiger partial charge on any atom is 0.213 e. The summed E-state index contributed by atoms with van der Waals surface area (Å²) < 4.78 is 10.6. The largest absolute Gasteiger partial charge is 0.497 e. The van der Waals surface area contributed by atoms with E-state index in [1.807, 2.05) is 42.5 Å². The molecule has 0 amide bonds. The zero-order valence-electron chi connectivity index (χ0n) is 11.4. The summed E-state index contributed by atoms with van der Waals surface area (Å²) in [5, 5.41) is 3.32. The highest BCUT2D eigenvalue weighted by Crippen LogP contribution is 2.10. The molecule has 0 saturated heterocycles. The van der Waals surface area contributed by atoms with Crippen molar-refractivity contribution in [2.45, 2.75) is 6.54 Å². The number of nitrogens with one attached hydrogen (secondary N) is 1. The molecule has 2 rings (SSSR count). The highest BCUT2D eigenvalue weighted by molar-refractivity contribution is 5.85. The molecule has 1 aromatic carbocycles. The lowest BCUT2D eigenvalue weighted by Gasteiger charge is -2.07. The predicted molar refractivity (Wildman–Crippen MR) is 81.7 cm³/mol. The molecule has 0 bridgehead atoms. The number of methoxy groups -OCH3 is 1. The molecule has 108 valence electrons. The Hall–Kier alpha value is -1.78. The molecule has 0 aliphatic carbocycles. The van der Waals surface area contributed by atoms with Crippen molar-refractivity contribution >= 4 is 12.4 Å². The van der Waals surface area contributed by atoms with Crippen molar-refractivity contribution in [3.05, 3.63) is 54.2 Å². The number of nitrogens with zero attached hydrogens (tertiary/aromatic N) is 1. The number of benzene rings is 1. The molecule has 20 heavy (non-hydrogen) atoms. The Morgan fingerprint density at radius 1 is 1.10 bits per heavy atom. The maximum atomic E-state index is 5.49. The molecule has 5 heteroatoms. The fraction of sp³-hybridized carbons (Fsp3) is 0.267. The van der Waals surface area contributed by atoms with Crippen LogP contribution in [0.25, 0.3) is 0 Å². The number of halogens is 1. The van der Waals surface area contributed by atoms with Crippen LogP contribution in [0.2, 0.25) is 0 Å². The van der Waals surface area contributed by atoms with Crippen LogP contribution in [0.5, 0.6) is 11.6 Å². The van der Waals surface area contributed by atoms with E-state index < -0.39 is 0 Å². The fourth-order valence-electron chi connectivity index (χ4n) is 1.64. The smallest absolute Gasteiger partial charge is 0.213 e. The van der Waals surface area contributed by atoms with Crippen LogP contribution in [0.1, 0.15) is 5.56 Å². The molecule has 0 spiro atoms. The first-order valence-corrected chi connectivity index (χ1v) is 6.26. The van der Waals surface area contributed by atoms with Gasteiger partial charge in [0.15, 0.2) is 0 Å². The van der Waals surface area contributed by atoms with E-state index >= 15 is 0 Å². The molecule has 2 aromatic rings. The Labute approximate surface area is 125 Å². The topological polar surface area (TPSA) is 43.4 Å². The van der Waals surface area contributed by atoms with Gasteiger partial charge in [0.1, 0.15) is 12.4 Å². The number of hydrogen-bond donors (Lipinski definition) is 1. The minimum absolute atomic E-state index is 0. The Kier molecular flexibility index (Phi) is 7.47. The van der Waals surface area contributed by atoms with Crippen LogP contribution in [0.3, 0.4) is 0 Å². The lowest BCUT2D eigenvalue weighted by molar-refractivity contribution is 0.302. The molecule has 0 aliphatic heterocycles. The maximum absolute atomic E-state index is 5.49. The fourth-order valence-corrected chi connectivity index (χ4v) is 1.64. The van der Waals surface area contributed by atoms with Gasteiger partial charge in [-0.25, -0.2) is 4.98 Å². The lowest BCUT2D eigenvalue weighted by Crippen LogP contribution is -2.20. The second kappa shape index (κ2) is 9.18. The number of aromatic nitrogens is 1. The lowest BCUT2D eigenvalue weighted by atomic mass is 10.2. The van der Waals surface area contributed by atoms with E-state index in [1.54, 1.807) is 13.3 Å². The normalized spacial score (nSPS) is 9.65. The summed E-state index contributed by atoms with van der Waals surface area (Å²) >= 11 is 0. The van der Waals surface area contributed by atoms with Gasteiger partial charge in [0.2, 0.25) is 5.88 Å². The van der Waals surface area contributed by atoms with Gasteiger partial charge in [0.25, 0.3) is 0 Å². The van der Waals surface area contributed by atoms with Crippen molar-refractivity contribution in [1.29, 1.82) is 0 Å². The summed E-state index contributed by atoms with van der Waals surface area (Å²) in [6, 6.07) is 13.6. The number of hydrogen-bond acceptors (Lipinski definition) is 4. The highest BCUT2D eigenvalue weighted by atomic mass is 35.5. The van der Waals surface area contributed by atoms with Crippen molar-refractivity contribution in [1.82, 2.24) is 10.3 Å². The molecule has 0 atom stereocenters. The number of ether oxygens (including phenoxy) is 2. The van der Waals surface area contributed by atoms with Crippen LogP contribution >= 0.6 is 12.4 Å². The Morgan fingerprint density at radius 3 is 2.55 bits per heavy atom. The van der Waals surface area contributed by atoms with Crippen molar-refractivity contribution in [3.8, 4) is 11.6 Å². The monoisotopic (exact) mass is 294 g/mol. The molecule has 4 nitrogen and oxygen atoms in total. The van der Waals surface area contributed by atoms with Crippen LogP contribution in [-0.2, 0) is 6.54 Å². The molecule has 1 N–H and O–H groups in total. The van der Waals surface area contributed by atoms with E-state index in [4.69, 9.17) is 9.47 Å². The first-order chi connectivity index (χ1) is 9.38. The molecule has 0 aliphatic rings. The summed E-state index contributed by atoms with van der Waals surface area (Å²) in [6.45, 7) is 2.20. The van der Waals surface area contributed by atoms with Crippen LogP contribution in [-0.4, -0.2) is 25.2 Å². The first-order valence-electron chi connectivity index (χ1n) is 6.26. The molecule has 0 fully saturated rings. The predicted octanol–water partition coefficient (Wildman–Crippen LogP) is 2.68. The van der Waals surface area contributed by atoms with Gasteiger partial charge in [-0.1, -0.05) is 18.2 Å². The third-order valence-electron chi connectivity index (χ3n) is 2.65. The van der Waals surface area contributed by atoms with E-state index in [9.17, 15) is 0 Å². The van der Waals surface area contributed by atoms with E-state index in [1.165, 1.54) is 5.56 Å². The van der Waals surface area contributed by atoms with Gasteiger partial charge >= 0.3 is 0 Å². The van der Waals surface area contributed by atoms with Crippen molar-refractivity contribution in [3.63, 3.8) is 0 Å². The Bertz CT molecular complexity index is 477. The number of rotatable bonds is 7. The molecule has 1 heterocycles. The third-order valence-corrected chi connectivity index (χ3v) is 2.65. The minimum Gasteiger partial charge on any atom is -0.497 e. The zero-order chi connectivity index (χ0) is 13.3. The summed E-state index contributed by atoms with van der Waals surface area (Å²) in [6.07, 6.45) is 1.72. The van der Waals surface area contributed by atoms with E-state index in [0.29, 0.717) is 12.5 Å². The summed E-state index contributed by atoms with van der Waals surface area (Å²) in [5.41, 5.74) is 1.22. The average Bonchev–Trinajstić information content (AvgIpc) is 2.49. The quantitative estimate of drug-likeness (QED) is 0.797. The molecular formula is C15H19ClN2O2. The summed E-state index contributed by atoms with van der Waals surface area (Å²) in [4.78, 5) is 4.09. The van der Waals surface area contributed by atoms with Gasteiger partial charge in [-0.15, -0.1) is 12.4 Å². The van der Waals surface area contributed by atoms with Crippen molar-refractivity contribution < 1.29 is 9.47 Å². The summed E-state index contributed by atoms with van der Waals surface area (Å²) in [5.74, 6) is 1.54. The Morgan fingerprint density at radius 2 is 1.90 bits per heavy atom. The van der Waals surface area contributed by atoms with Crippen molar-refractivity contribution in [2.24, 2.45) is 0 Å². The second-order valence-corrected chi connectivity index (χ2v) is 4.04. The zero-order valence-corrected chi connectivity index (χ0v) is 12.2. The average molecular weight is 295 g/mol. The van der Waals surface area contributed by atoms with E-state index in [-0.39, 0.29) is 12.4 Å². The van der Waals surface area contributed by atoms with Gasteiger partial charge in [-0.05, 0) is 23.8 Å². The first kappa shape index (κ1) is 16.3. The van der Waals surface area contributed by atoms with E-state index in [2.05, 4.69) is 10.3 Å². The molecule has 0 saturated carbocycles. The second-order valence-electron chi connectivity index (χ2n) is 4.04. The SMILES string of the molecule is COc1ccc(CNCCOc2ccccn2)cc1.Cl.